The third-order valence-corrected chi connectivity index (χ3v) is 4.57. The third kappa shape index (κ3) is 3.76. The summed E-state index contributed by atoms with van der Waals surface area (Å²) in [4.78, 5) is 26.9. The van der Waals surface area contributed by atoms with Gasteiger partial charge in [0.2, 0.25) is 0 Å². The number of hydrogen-bond donors (Lipinski definition) is 1. The summed E-state index contributed by atoms with van der Waals surface area (Å²) in [6.45, 7) is 3.73. The molecule has 110 valence electrons. The van der Waals surface area contributed by atoms with Crippen LogP contribution in [0.25, 0.3) is 0 Å². The normalized spacial score (nSPS) is 12.0. The molecular formula is C13H12IN3O3S. The number of carbonyl (C=O) groups excluding carboxylic acids is 1. The minimum atomic E-state index is -0.514. The number of carbonyl (C=O) groups is 1. The minimum absolute atomic E-state index is 0.0993. The van der Waals surface area contributed by atoms with Gasteiger partial charge in [-0.15, -0.1) is 11.3 Å². The Morgan fingerprint density at radius 1 is 1.52 bits per heavy atom. The van der Waals surface area contributed by atoms with Gasteiger partial charge in [-0.2, -0.15) is 0 Å². The molecule has 1 unspecified atom stereocenters. The van der Waals surface area contributed by atoms with Crippen LogP contribution in [0.2, 0.25) is 0 Å². The first-order valence-corrected chi connectivity index (χ1v) is 8.01. The number of benzene rings is 1. The fraction of sp³-hybridized carbons (Fsp3) is 0.231. The van der Waals surface area contributed by atoms with Crippen molar-refractivity contribution in [1.82, 2.24) is 10.3 Å². The highest BCUT2D eigenvalue weighted by Crippen LogP contribution is 2.21. The van der Waals surface area contributed by atoms with Crippen molar-refractivity contribution in [1.29, 1.82) is 0 Å². The molecule has 0 aliphatic carbocycles. The van der Waals surface area contributed by atoms with Crippen molar-refractivity contribution in [3.05, 3.63) is 53.5 Å². The van der Waals surface area contributed by atoms with Crippen LogP contribution < -0.4 is 5.32 Å². The van der Waals surface area contributed by atoms with Gasteiger partial charge in [-0.25, -0.2) is 4.98 Å². The van der Waals surface area contributed by atoms with Crippen molar-refractivity contribution in [3.63, 3.8) is 0 Å². The Hall–Kier alpha value is -1.55. The molecule has 6 nitrogen and oxygen atoms in total. The van der Waals surface area contributed by atoms with Crippen molar-refractivity contribution in [2.45, 2.75) is 19.9 Å². The van der Waals surface area contributed by atoms with Crippen molar-refractivity contribution >= 4 is 45.5 Å². The van der Waals surface area contributed by atoms with E-state index in [2.05, 4.69) is 10.3 Å². The topological polar surface area (TPSA) is 85.1 Å². The van der Waals surface area contributed by atoms with Crippen LogP contribution in [0, 0.1) is 20.6 Å². The number of nitro benzene ring substituents is 1. The predicted octanol–water partition coefficient (Wildman–Crippen LogP) is 3.46. The third-order valence-electron chi connectivity index (χ3n) is 2.83. The van der Waals surface area contributed by atoms with E-state index in [1.54, 1.807) is 6.07 Å². The Morgan fingerprint density at radius 3 is 2.81 bits per heavy atom. The van der Waals surface area contributed by atoms with Gasteiger partial charge in [-0.05, 0) is 42.5 Å². The summed E-state index contributed by atoms with van der Waals surface area (Å²) >= 11 is 3.50. The molecule has 0 radical (unpaired) electrons. The quantitative estimate of drug-likeness (QED) is 0.469. The van der Waals surface area contributed by atoms with Crippen molar-refractivity contribution in [2.24, 2.45) is 0 Å². The summed E-state index contributed by atoms with van der Waals surface area (Å²) in [6, 6.07) is 3.98. The average Bonchev–Trinajstić information content (AvgIpc) is 2.85. The van der Waals surface area contributed by atoms with Crippen LogP contribution in [0.3, 0.4) is 0 Å². The zero-order valence-corrected chi connectivity index (χ0v) is 14.3. The monoisotopic (exact) mass is 417 g/mol. The molecule has 21 heavy (non-hydrogen) atoms. The zero-order valence-electron chi connectivity index (χ0n) is 11.3. The highest BCUT2D eigenvalue weighted by molar-refractivity contribution is 14.1. The van der Waals surface area contributed by atoms with Crippen molar-refractivity contribution < 1.29 is 9.72 Å². The molecule has 1 aromatic heterocycles. The van der Waals surface area contributed by atoms with E-state index in [-0.39, 0.29) is 17.6 Å². The standard InChI is InChI=1S/C13H12IN3O3S/c1-7(12-6-21-8(2)16-12)15-13(18)10-5-9(17(19)20)3-4-11(10)14/h3-7H,1-2H3,(H,15,18). The lowest BCUT2D eigenvalue weighted by molar-refractivity contribution is -0.384. The van der Waals surface area contributed by atoms with Gasteiger partial charge in [-0.1, -0.05) is 0 Å². The Bertz CT molecular complexity index is 702. The number of aromatic nitrogens is 1. The molecular weight excluding hydrogens is 405 g/mol. The molecule has 2 rings (SSSR count). The van der Waals surface area contributed by atoms with Gasteiger partial charge in [0.25, 0.3) is 11.6 Å². The molecule has 1 amide bonds. The smallest absolute Gasteiger partial charge is 0.270 e. The van der Waals surface area contributed by atoms with Crippen LogP contribution >= 0.6 is 33.9 Å². The van der Waals surface area contributed by atoms with Crippen LogP contribution in [0.15, 0.2) is 23.6 Å². The summed E-state index contributed by atoms with van der Waals surface area (Å²) in [6.07, 6.45) is 0. The number of rotatable bonds is 4. The molecule has 0 spiro atoms. The van der Waals surface area contributed by atoms with Crippen LogP contribution in [-0.4, -0.2) is 15.8 Å². The summed E-state index contributed by atoms with van der Waals surface area (Å²) in [5.74, 6) is -0.346. The van der Waals surface area contributed by atoms with E-state index in [0.29, 0.717) is 9.13 Å². The lowest BCUT2D eigenvalue weighted by atomic mass is 10.1. The number of nitrogens with one attached hydrogen (secondary N) is 1. The van der Waals surface area contributed by atoms with E-state index >= 15 is 0 Å². The maximum absolute atomic E-state index is 12.3. The first kappa shape index (κ1) is 15.8. The summed E-state index contributed by atoms with van der Waals surface area (Å²) < 4.78 is 0.664. The number of amides is 1. The summed E-state index contributed by atoms with van der Waals surface area (Å²) in [5, 5.41) is 16.4. The van der Waals surface area contributed by atoms with Gasteiger partial charge in [-0.3, -0.25) is 14.9 Å². The molecule has 8 heteroatoms. The van der Waals surface area contributed by atoms with E-state index in [1.807, 2.05) is 41.8 Å². The second-order valence-corrected chi connectivity index (χ2v) is 6.63. The number of non-ortho nitro benzene ring substituents is 1. The second kappa shape index (κ2) is 6.48. The second-order valence-electron chi connectivity index (χ2n) is 4.41. The largest absolute Gasteiger partial charge is 0.344 e. The number of nitrogens with zero attached hydrogens (tertiary/aromatic N) is 2. The van der Waals surface area contributed by atoms with Gasteiger partial charge in [0.05, 0.1) is 27.2 Å². The van der Waals surface area contributed by atoms with Crippen molar-refractivity contribution in [2.75, 3.05) is 0 Å². The average molecular weight is 417 g/mol. The fourth-order valence-corrected chi connectivity index (χ4v) is 3.01. The lowest BCUT2D eigenvalue weighted by Gasteiger charge is -2.12. The van der Waals surface area contributed by atoms with Gasteiger partial charge >= 0.3 is 0 Å². The van der Waals surface area contributed by atoms with Gasteiger partial charge in [0, 0.05) is 21.1 Å². The zero-order chi connectivity index (χ0) is 15.6. The molecule has 0 aliphatic heterocycles. The number of hydrogen-bond acceptors (Lipinski definition) is 5. The van der Waals surface area contributed by atoms with E-state index < -0.39 is 4.92 Å². The maximum atomic E-state index is 12.3. The van der Waals surface area contributed by atoms with Crippen LogP contribution in [0.4, 0.5) is 5.69 Å². The Morgan fingerprint density at radius 2 is 2.24 bits per heavy atom. The Kier molecular flexibility index (Phi) is 4.88. The highest BCUT2D eigenvalue weighted by Gasteiger charge is 2.18. The van der Waals surface area contributed by atoms with E-state index in [4.69, 9.17) is 0 Å². The van der Waals surface area contributed by atoms with Gasteiger partial charge in [0.1, 0.15) is 0 Å². The SMILES string of the molecule is Cc1nc(C(C)NC(=O)c2cc([N+](=O)[O-])ccc2I)cs1. The van der Waals surface area contributed by atoms with Crippen LogP contribution in [0.5, 0.6) is 0 Å². The Balaban J connectivity index is 2.20. The fourth-order valence-electron chi connectivity index (χ4n) is 1.73. The summed E-state index contributed by atoms with van der Waals surface area (Å²) in [7, 11) is 0. The molecule has 1 heterocycles. The van der Waals surface area contributed by atoms with E-state index in [0.717, 1.165) is 10.7 Å². The number of nitro groups is 1. The number of halogens is 1. The van der Waals surface area contributed by atoms with Crippen molar-refractivity contribution in [3.8, 4) is 0 Å². The van der Waals surface area contributed by atoms with Gasteiger partial charge in [0.15, 0.2) is 0 Å². The van der Waals surface area contributed by atoms with Crippen LogP contribution in [-0.2, 0) is 0 Å². The molecule has 1 N–H and O–H groups in total. The molecule has 0 bridgehead atoms. The number of thiazole rings is 1. The maximum Gasteiger partial charge on any atom is 0.270 e. The summed E-state index contributed by atoms with van der Waals surface area (Å²) in [5.41, 5.74) is 0.979. The minimum Gasteiger partial charge on any atom is -0.344 e. The highest BCUT2D eigenvalue weighted by atomic mass is 127. The first-order chi connectivity index (χ1) is 9.88. The molecule has 0 aliphatic rings. The predicted molar refractivity (Wildman–Crippen MR) is 88.5 cm³/mol. The molecule has 2 aromatic rings. The molecule has 0 saturated carbocycles. The van der Waals surface area contributed by atoms with Gasteiger partial charge < -0.3 is 5.32 Å². The molecule has 0 saturated heterocycles. The van der Waals surface area contributed by atoms with Crippen LogP contribution in [0.1, 0.15) is 34.0 Å². The number of aryl methyl sites for hydroxylation is 1. The molecule has 1 atom stereocenters. The first-order valence-electron chi connectivity index (χ1n) is 6.05. The Labute approximate surface area is 138 Å². The molecule has 0 fully saturated rings. The van der Waals surface area contributed by atoms with E-state index in [1.165, 1.54) is 23.5 Å². The molecule has 1 aromatic carbocycles. The van der Waals surface area contributed by atoms with E-state index in [9.17, 15) is 14.9 Å². The lowest BCUT2D eigenvalue weighted by Crippen LogP contribution is -2.27.